The maximum Gasteiger partial charge on any atom is 0.237 e. The Bertz CT molecular complexity index is 1220. The van der Waals surface area contributed by atoms with E-state index >= 15 is 0 Å². The Balaban J connectivity index is 1.41. The smallest absolute Gasteiger partial charge is 0.237 e. The number of anilines is 3. The molecule has 2 unspecified atom stereocenters. The van der Waals surface area contributed by atoms with Gasteiger partial charge in [0.15, 0.2) is 5.82 Å². The van der Waals surface area contributed by atoms with Gasteiger partial charge in [-0.15, -0.1) is 0 Å². The van der Waals surface area contributed by atoms with E-state index in [2.05, 4.69) is 25.7 Å². The largest absolute Gasteiger partial charge is 0.496 e. The average Bonchev–Trinajstić information content (AvgIpc) is 3.14. The minimum Gasteiger partial charge on any atom is -0.496 e. The molecule has 0 radical (unpaired) electrons. The number of rotatable bonds is 5. The number of aryl methyl sites for hydroxylation is 1. The van der Waals surface area contributed by atoms with Gasteiger partial charge in [-0.25, -0.2) is 10.4 Å². The number of nitrogens with one attached hydrogen (secondary N) is 2. The fourth-order valence-corrected chi connectivity index (χ4v) is 5.57. The van der Waals surface area contributed by atoms with Crippen LogP contribution in [0.3, 0.4) is 0 Å². The summed E-state index contributed by atoms with van der Waals surface area (Å²) in [4.78, 5) is 26.6. The number of nitrogen functional groups attached to an aromatic ring is 1. The van der Waals surface area contributed by atoms with Gasteiger partial charge in [-0.1, -0.05) is 30.0 Å². The van der Waals surface area contributed by atoms with Crippen LogP contribution in [0.25, 0.3) is 0 Å². The number of amides is 1. The lowest BCUT2D eigenvalue weighted by Gasteiger charge is -2.26. The molecule has 0 saturated heterocycles. The molecular formula is C23H25N7O2S. The number of nitrogens with zero attached hydrogens (tertiary/aromatic N) is 4. The Hall–Kier alpha value is -3.37. The minimum absolute atomic E-state index is 0.0587. The van der Waals surface area contributed by atoms with Crippen LogP contribution in [0.1, 0.15) is 34.8 Å². The topological polar surface area (TPSA) is 118 Å². The maximum atomic E-state index is 13.0. The number of benzene rings is 1. The molecule has 4 N–H and O–H groups in total. The molecule has 3 aromatic rings. The van der Waals surface area contributed by atoms with E-state index in [9.17, 15) is 4.79 Å². The van der Waals surface area contributed by atoms with E-state index < -0.39 is 0 Å². The summed E-state index contributed by atoms with van der Waals surface area (Å²) in [6.45, 7) is 4.45. The molecule has 0 fully saturated rings. The number of para-hydroxylation sites is 1. The molecule has 0 bridgehead atoms. The summed E-state index contributed by atoms with van der Waals surface area (Å²) in [5, 5.41) is 5.37. The van der Waals surface area contributed by atoms with Crippen LogP contribution >= 0.6 is 11.8 Å². The lowest BCUT2D eigenvalue weighted by Crippen LogP contribution is -2.38. The Labute approximate surface area is 196 Å². The van der Waals surface area contributed by atoms with Crippen LogP contribution in [0, 0.1) is 13.8 Å². The van der Waals surface area contributed by atoms with Crippen molar-refractivity contribution in [3.05, 3.63) is 58.9 Å². The van der Waals surface area contributed by atoms with Crippen LogP contribution < -0.4 is 26.2 Å². The highest BCUT2D eigenvalue weighted by molar-refractivity contribution is 8.00. The van der Waals surface area contributed by atoms with E-state index in [0.717, 1.165) is 44.7 Å². The van der Waals surface area contributed by atoms with Gasteiger partial charge in [0, 0.05) is 28.6 Å². The van der Waals surface area contributed by atoms with E-state index in [4.69, 9.17) is 10.5 Å². The highest BCUT2D eigenvalue weighted by atomic mass is 32.2. The molecule has 2 atom stereocenters. The number of nitrogens with two attached hydrogens (primary N) is 1. The van der Waals surface area contributed by atoms with Crippen molar-refractivity contribution in [2.75, 3.05) is 23.2 Å². The lowest BCUT2D eigenvalue weighted by molar-refractivity contribution is -0.116. The molecule has 1 aromatic carbocycles. The summed E-state index contributed by atoms with van der Waals surface area (Å²) in [6.07, 6.45) is 2.42. The van der Waals surface area contributed by atoms with E-state index in [1.807, 2.05) is 55.4 Å². The molecule has 170 valence electrons. The van der Waals surface area contributed by atoms with E-state index in [-0.39, 0.29) is 23.1 Å². The van der Waals surface area contributed by atoms with E-state index in [1.165, 1.54) is 11.8 Å². The number of ether oxygens (including phenoxy) is 1. The standard InChI is InChI=1S/C23H25N7O2S/c1-12-10-25-16(13(2)19(12)32-3)11-30-20-18-15(29-30)9-17(33-22(18)28-23(24)27-20)21(31)26-14-7-5-4-6-8-14/h4-8,10,15,17,29H,9,11H2,1-3H3,(H,26,31)(H2,24,27,28). The summed E-state index contributed by atoms with van der Waals surface area (Å²) in [6, 6.07) is 9.37. The Morgan fingerprint density at radius 2 is 2.09 bits per heavy atom. The highest BCUT2D eigenvalue weighted by Crippen LogP contribution is 2.47. The first kappa shape index (κ1) is 21.5. The van der Waals surface area contributed by atoms with Gasteiger partial charge in [0.1, 0.15) is 10.8 Å². The van der Waals surface area contributed by atoms with E-state index in [1.54, 1.807) is 7.11 Å². The first-order valence-electron chi connectivity index (χ1n) is 10.7. The van der Waals surface area contributed by atoms with Crippen molar-refractivity contribution in [1.29, 1.82) is 0 Å². The van der Waals surface area contributed by atoms with Gasteiger partial charge in [-0.2, -0.15) is 4.98 Å². The first-order chi connectivity index (χ1) is 15.9. The predicted molar refractivity (Wildman–Crippen MR) is 128 cm³/mol. The van der Waals surface area contributed by atoms with Crippen LogP contribution in [0.15, 0.2) is 41.6 Å². The number of carbonyl (C=O) groups is 1. The zero-order chi connectivity index (χ0) is 23.1. The second-order valence-corrected chi connectivity index (χ2v) is 9.33. The van der Waals surface area contributed by atoms with Crippen molar-refractivity contribution < 1.29 is 9.53 Å². The monoisotopic (exact) mass is 463 g/mol. The Morgan fingerprint density at radius 3 is 2.85 bits per heavy atom. The number of hydrogen-bond acceptors (Lipinski definition) is 9. The first-order valence-corrected chi connectivity index (χ1v) is 11.5. The minimum atomic E-state index is -0.309. The fourth-order valence-electron chi connectivity index (χ4n) is 4.34. The van der Waals surface area contributed by atoms with Crippen molar-refractivity contribution in [2.45, 2.75) is 43.1 Å². The SMILES string of the molecule is COc1c(C)cnc(CN2NC3CC(C(=O)Nc4ccccc4)Sc4nc(N)nc2c43)c1C. The van der Waals surface area contributed by atoms with Crippen LogP contribution in [-0.4, -0.2) is 33.2 Å². The number of pyridine rings is 1. The summed E-state index contributed by atoms with van der Waals surface area (Å²) in [5.74, 6) is 1.68. The number of hydrogen-bond donors (Lipinski definition) is 3. The number of hydrazine groups is 1. The molecule has 0 saturated carbocycles. The van der Waals surface area contributed by atoms with Gasteiger partial charge in [-0.3, -0.25) is 14.8 Å². The third-order valence-electron chi connectivity index (χ3n) is 5.92. The fraction of sp³-hybridized carbons (Fsp3) is 0.304. The molecule has 9 nitrogen and oxygen atoms in total. The van der Waals surface area contributed by atoms with Gasteiger partial charge in [-0.05, 0) is 32.4 Å². The van der Waals surface area contributed by atoms with Crippen LogP contribution in [-0.2, 0) is 11.3 Å². The molecule has 2 aliphatic rings. The summed E-state index contributed by atoms with van der Waals surface area (Å²) in [5.41, 5.74) is 14.1. The van der Waals surface area contributed by atoms with Crippen molar-refractivity contribution in [1.82, 2.24) is 20.4 Å². The molecule has 5 rings (SSSR count). The van der Waals surface area contributed by atoms with Crippen molar-refractivity contribution in [3.63, 3.8) is 0 Å². The quantitative estimate of drug-likeness (QED) is 0.490. The lowest BCUT2D eigenvalue weighted by atomic mass is 10.0. The summed E-state index contributed by atoms with van der Waals surface area (Å²) < 4.78 is 5.56. The molecule has 4 heterocycles. The van der Waals surface area contributed by atoms with Crippen LogP contribution in [0.2, 0.25) is 0 Å². The number of methoxy groups -OCH3 is 1. The Kier molecular flexibility index (Phi) is 5.55. The maximum absolute atomic E-state index is 13.0. The van der Waals surface area contributed by atoms with Crippen molar-refractivity contribution in [2.24, 2.45) is 0 Å². The third kappa shape index (κ3) is 3.96. The molecule has 1 amide bonds. The van der Waals surface area contributed by atoms with Crippen LogP contribution in [0.4, 0.5) is 17.5 Å². The molecule has 33 heavy (non-hydrogen) atoms. The molecular weight excluding hydrogens is 438 g/mol. The second-order valence-electron chi connectivity index (χ2n) is 8.14. The molecule has 0 spiro atoms. The van der Waals surface area contributed by atoms with Crippen molar-refractivity contribution >= 4 is 35.1 Å². The number of thioether (sulfide) groups is 1. The number of carbonyl (C=O) groups excluding carboxylic acids is 1. The summed E-state index contributed by atoms with van der Waals surface area (Å²) >= 11 is 1.43. The van der Waals surface area contributed by atoms with E-state index in [0.29, 0.717) is 13.0 Å². The van der Waals surface area contributed by atoms with Gasteiger partial charge in [0.05, 0.1) is 30.6 Å². The van der Waals surface area contributed by atoms with Gasteiger partial charge >= 0.3 is 0 Å². The second kappa shape index (κ2) is 8.53. The molecule has 10 heteroatoms. The average molecular weight is 464 g/mol. The zero-order valence-corrected chi connectivity index (χ0v) is 19.4. The number of aromatic nitrogens is 3. The Morgan fingerprint density at radius 1 is 1.30 bits per heavy atom. The van der Waals surface area contributed by atoms with Gasteiger partial charge < -0.3 is 15.8 Å². The summed E-state index contributed by atoms with van der Waals surface area (Å²) in [7, 11) is 1.67. The predicted octanol–water partition coefficient (Wildman–Crippen LogP) is 3.15. The van der Waals surface area contributed by atoms with Gasteiger partial charge in [0.2, 0.25) is 11.9 Å². The van der Waals surface area contributed by atoms with Crippen molar-refractivity contribution in [3.8, 4) is 5.75 Å². The molecule has 2 aliphatic heterocycles. The third-order valence-corrected chi connectivity index (χ3v) is 7.14. The van der Waals surface area contributed by atoms with Crippen LogP contribution in [0.5, 0.6) is 5.75 Å². The zero-order valence-electron chi connectivity index (χ0n) is 18.6. The van der Waals surface area contributed by atoms with Gasteiger partial charge in [0.25, 0.3) is 0 Å². The normalized spacial score (nSPS) is 18.7. The molecule has 2 aromatic heterocycles. The molecule has 0 aliphatic carbocycles. The highest BCUT2D eigenvalue weighted by Gasteiger charge is 2.41.